The van der Waals surface area contributed by atoms with Gasteiger partial charge in [0.1, 0.15) is 11.5 Å². The molecule has 0 unspecified atom stereocenters. The van der Waals surface area contributed by atoms with Crippen molar-refractivity contribution in [2.45, 2.75) is 52.6 Å². The number of piperidine rings is 1. The molecular formula is C31H33FN4O. The zero-order valence-corrected chi connectivity index (χ0v) is 21.6. The zero-order chi connectivity index (χ0) is 25.5. The molecular weight excluding hydrogens is 463 g/mol. The van der Waals surface area contributed by atoms with E-state index in [1.807, 2.05) is 23.1 Å². The third-order valence-electron chi connectivity index (χ3n) is 8.14. The van der Waals surface area contributed by atoms with Crippen LogP contribution in [-0.2, 0) is 19.5 Å². The average molecular weight is 497 g/mol. The van der Waals surface area contributed by atoms with Gasteiger partial charge in [-0.2, -0.15) is 0 Å². The van der Waals surface area contributed by atoms with E-state index in [0.29, 0.717) is 12.2 Å². The molecule has 0 aliphatic carbocycles. The summed E-state index contributed by atoms with van der Waals surface area (Å²) in [6, 6.07) is 17.3. The third kappa shape index (κ3) is 4.39. The van der Waals surface area contributed by atoms with E-state index >= 15 is 0 Å². The smallest absolute Gasteiger partial charge is 0.272 e. The highest BCUT2D eigenvalue weighted by atomic mass is 19.1. The summed E-state index contributed by atoms with van der Waals surface area (Å²) in [5.41, 5.74) is 7.60. The van der Waals surface area contributed by atoms with Crippen LogP contribution in [0, 0.1) is 19.7 Å². The molecule has 6 rings (SSSR count). The van der Waals surface area contributed by atoms with Gasteiger partial charge in [-0.15, -0.1) is 0 Å². The number of aryl methyl sites for hydroxylation is 1. The summed E-state index contributed by atoms with van der Waals surface area (Å²) in [5.74, 6) is 0.665. The Hall–Kier alpha value is -3.67. The number of halogens is 1. The molecule has 0 atom stereocenters. The van der Waals surface area contributed by atoms with Crippen LogP contribution in [0.3, 0.4) is 0 Å². The fraction of sp³-hybridized carbons (Fsp3) is 0.355. The highest BCUT2D eigenvalue weighted by molar-refractivity contribution is 6.01. The van der Waals surface area contributed by atoms with E-state index in [1.54, 1.807) is 0 Å². The lowest BCUT2D eigenvalue weighted by Gasteiger charge is -2.31. The number of anilines is 1. The Kier molecular flexibility index (Phi) is 6.19. The largest absolute Gasteiger partial charge is 0.350 e. The number of likely N-dealkylation sites (tertiary alicyclic amines) is 1. The first-order valence-corrected chi connectivity index (χ1v) is 13.4. The van der Waals surface area contributed by atoms with E-state index < -0.39 is 0 Å². The van der Waals surface area contributed by atoms with Gasteiger partial charge in [-0.3, -0.25) is 4.79 Å². The summed E-state index contributed by atoms with van der Waals surface area (Å²) in [6.07, 6.45) is 4.23. The van der Waals surface area contributed by atoms with Crippen LogP contribution in [0.15, 0.2) is 54.6 Å². The average Bonchev–Trinajstić information content (AvgIpc) is 3.18. The molecule has 37 heavy (non-hydrogen) atoms. The summed E-state index contributed by atoms with van der Waals surface area (Å²) < 4.78 is 15.9. The van der Waals surface area contributed by atoms with E-state index in [1.165, 1.54) is 29.7 Å². The Bertz CT molecular complexity index is 1470. The standard InChI is InChI=1S/C31H33FN4O/c1-21-22(2)36(19-23-10-12-26(32)13-11-23)29-27(21)18-28(31(37)34-15-6-3-7-16-34)33-30(29)35-17-14-24-8-4-5-9-25(24)20-35/h4-5,8-13,18H,3,6-7,14-17,19-20H2,1-2H3. The van der Waals surface area contributed by atoms with E-state index in [4.69, 9.17) is 4.98 Å². The number of nitrogens with zero attached hydrogens (tertiary/aromatic N) is 4. The Morgan fingerprint density at radius 3 is 2.43 bits per heavy atom. The first-order valence-electron chi connectivity index (χ1n) is 13.4. The Morgan fingerprint density at radius 1 is 0.946 bits per heavy atom. The van der Waals surface area contributed by atoms with Crippen molar-refractivity contribution in [3.05, 3.63) is 94.1 Å². The minimum absolute atomic E-state index is 0.0311. The van der Waals surface area contributed by atoms with Crippen molar-refractivity contribution >= 4 is 22.6 Å². The minimum Gasteiger partial charge on any atom is -0.350 e. The van der Waals surface area contributed by atoms with Gasteiger partial charge in [-0.25, -0.2) is 9.37 Å². The highest BCUT2D eigenvalue weighted by Gasteiger charge is 2.27. The Balaban J connectivity index is 1.50. The van der Waals surface area contributed by atoms with E-state index in [0.717, 1.165) is 79.0 Å². The molecule has 6 heteroatoms. The Morgan fingerprint density at radius 2 is 1.68 bits per heavy atom. The number of aromatic nitrogens is 2. The van der Waals surface area contributed by atoms with Crippen molar-refractivity contribution in [1.29, 1.82) is 0 Å². The van der Waals surface area contributed by atoms with E-state index in [9.17, 15) is 9.18 Å². The van der Waals surface area contributed by atoms with Crippen molar-refractivity contribution in [1.82, 2.24) is 14.5 Å². The molecule has 0 N–H and O–H groups in total. The van der Waals surface area contributed by atoms with E-state index in [2.05, 4.69) is 47.6 Å². The molecule has 2 aromatic carbocycles. The molecule has 5 nitrogen and oxygen atoms in total. The van der Waals surface area contributed by atoms with Gasteiger partial charge in [0.25, 0.3) is 5.91 Å². The molecule has 0 spiro atoms. The summed E-state index contributed by atoms with van der Waals surface area (Å²) in [4.78, 5) is 23.0. The normalized spacial score (nSPS) is 15.8. The topological polar surface area (TPSA) is 41.4 Å². The summed E-state index contributed by atoms with van der Waals surface area (Å²) in [6.45, 7) is 8.08. The number of hydrogen-bond donors (Lipinski definition) is 0. The molecule has 4 heterocycles. The number of carbonyl (C=O) groups is 1. The molecule has 190 valence electrons. The molecule has 2 aromatic heterocycles. The number of rotatable bonds is 4. The molecule has 1 amide bonds. The SMILES string of the molecule is Cc1c(C)n(Cc2ccc(F)cc2)c2c(N3CCc4ccccc4C3)nc(C(=O)N3CCCCC3)cc12. The monoisotopic (exact) mass is 496 g/mol. The lowest BCUT2D eigenvalue weighted by molar-refractivity contribution is 0.0718. The predicted octanol–water partition coefficient (Wildman–Crippen LogP) is 6.03. The molecule has 2 aliphatic rings. The minimum atomic E-state index is -0.232. The molecule has 4 aromatic rings. The predicted molar refractivity (Wildman–Crippen MR) is 146 cm³/mol. The van der Waals surface area contributed by atoms with Gasteiger partial charge >= 0.3 is 0 Å². The number of amides is 1. The molecule has 2 aliphatic heterocycles. The highest BCUT2D eigenvalue weighted by Crippen LogP contribution is 2.36. The van der Waals surface area contributed by atoms with Gasteiger partial charge in [-0.1, -0.05) is 36.4 Å². The van der Waals surface area contributed by atoms with Crippen LogP contribution >= 0.6 is 0 Å². The molecule has 0 bridgehead atoms. The number of benzene rings is 2. The number of pyridine rings is 1. The van der Waals surface area contributed by atoms with Gasteiger partial charge in [0.2, 0.25) is 0 Å². The van der Waals surface area contributed by atoms with Crippen molar-refractivity contribution in [3.63, 3.8) is 0 Å². The van der Waals surface area contributed by atoms with Crippen LogP contribution in [0.5, 0.6) is 0 Å². The van der Waals surface area contributed by atoms with E-state index in [-0.39, 0.29) is 11.7 Å². The van der Waals surface area contributed by atoms with Crippen LogP contribution in [0.1, 0.15) is 57.7 Å². The quantitative estimate of drug-likeness (QED) is 0.346. The number of hydrogen-bond acceptors (Lipinski definition) is 3. The first-order chi connectivity index (χ1) is 18.0. The molecule has 0 saturated carbocycles. The second-order valence-corrected chi connectivity index (χ2v) is 10.4. The van der Waals surface area contributed by atoms with Gasteiger partial charge in [0.15, 0.2) is 5.82 Å². The van der Waals surface area contributed by atoms with Crippen LogP contribution < -0.4 is 4.90 Å². The number of fused-ring (bicyclic) bond motifs is 2. The van der Waals surface area contributed by atoms with Crippen LogP contribution in [0.25, 0.3) is 10.9 Å². The first kappa shape index (κ1) is 23.7. The fourth-order valence-electron chi connectivity index (χ4n) is 5.88. The zero-order valence-electron chi connectivity index (χ0n) is 21.6. The van der Waals surface area contributed by atoms with Crippen molar-refractivity contribution in [2.24, 2.45) is 0 Å². The maximum atomic E-state index is 13.6. The van der Waals surface area contributed by atoms with Crippen LogP contribution in [0.2, 0.25) is 0 Å². The van der Waals surface area contributed by atoms with Crippen molar-refractivity contribution < 1.29 is 9.18 Å². The van der Waals surface area contributed by atoms with Crippen LogP contribution in [0.4, 0.5) is 10.2 Å². The lowest BCUT2D eigenvalue weighted by Crippen LogP contribution is -2.37. The molecule has 1 saturated heterocycles. The number of carbonyl (C=O) groups excluding carboxylic acids is 1. The second-order valence-electron chi connectivity index (χ2n) is 10.4. The van der Waals surface area contributed by atoms with Gasteiger partial charge in [0.05, 0.1) is 5.52 Å². The molecule has 1 fully saturated rings. The van der Waals surface area contributed by atoms with Gasteiger partial charge in [0, 0.05) is 43.8 Å². The summed E-state index contributed by atoms with van der Waals surface area (Å²) in [7, 11) is 0. The summed E-state index contributed by atoms with van der Waals surface area (Å²) >= 11 is 0. The Labute approximate surface area is 217 Å². The van der Waals surface area contributed by atoms with Crippen LogP contribution in [-0.4, -0.2) is 40.0 Å². The third-order valence-corrected chi connectivity index (χ3v) is 8.14. The second kappa shape index (κ2) is 9.66. The van der Waals surface area contributed by atoms with Gasteiger partial charge < -0.3 is 14.4 Å². The van der Waals surface area contributed by atoms with Crippen molar-refractivity contribution in [3.8, 4) is 0 Å². The van der Waals surface area contributed by atoms with Gasteiger partial charge in [-0.05, 0) is 80.0 Å². The fourth-order valence-corrected chi connectivity index (χ4v) is 5.88. The summed E-state index contributed by atoms with van der Waals surface area (Å²) in [5, 5.41) is 1.07. The van der Waals surface area contributed by atoms with Crippen molar-refractivity contribution in [2.75, 3.05) is 24.5 Å². The maximum absolute atomic E-state index is 13.6. The molecule has 0 radical (unpaired) electrons. The lowest BCUT2D eigenvalue weighted by atomic mass is 9.99. The maximum Gasteiger partial charge on any atom is 0.272 e.